The van der Waals surface area contributed by atoms with Crippen LogP contribution in [0.1, 0.15) is 49.9 Å². The lowest BCUT2D eigenvalue weighted by Crippen LogP contribution is -2.21. The molecule has 2 heterocycles. The summed E-state index contributed by atoms with van der Waals surface area (Å²) in [4.78, 5) is 4.36. The van der Waals surface area contributed by atoms with E-state index in [1.807, 2.05) is 0 Å². The molecule has 2 N–H and O–H groups in total. The Hall–Kier alpha value is -0.940. The molecule has 5 nitrogen and oxygen atoms in total. The summed E-state index contributed by atoms with van der Waals surface area (Å²) in [5.41, 5.74) is 0. The van der Waals surface area contributed by atoms with E-state index in [2.05, 4.69) is 15.5 Å². The van der Waals surface area contributed by atoms with E-state index < -0.39 is 0 Å². The van der Waals surface area contributed by atoms with Crippen LogP contribution < -0.4 is 5.32 Å². The summed E-state index contributed by atoms with van der Waals surface area (Å²) in [5.74, 6) is 1.41. The van der Waals surface area contributed by atoms with Crippen LogP contribution in [0.4, 0.5) is 0 Å². The molecule has 1 unspecified atom stereocenters. The number of aliphatic hydroxyl groups is 1. The minimum atomic E-state index is 0.166. The highest BCUT2D eigenvalue weighted by Crippen LogP contribution is 2.20. The van der Waals surface area contributed by atoms with Gasteiger partial charge in [0, 0.05) is 13.0 Å². The molecular formula is C11H19N3O2. The number of hydrogen-bond acceptors (Lipinski definition) is 5. The molecule has 0 aromatic carbocycles. The summed E-state index contributed by atoms with van der Waals surface area (Å²) in [6.45, 7) is 1.20. The summed E-state index contributed by atoms with van der Waals surface area (Å²) in [7, 11) is 0. The van der Waals surface area contributed by atoms with Crippen molar-refractivity contribution in [1.82, 2.24) is 15.5 Å². The monoisotopic (exact) mass is 225 g/mol. The number of rotatable bonds is 4. The number of nitrogens with zero attached hydrogens (tertiary/aromatic N) is 2. The molecule has 1 aromatic heterocycles. The van der Waals surface area contributed by atoms with Crippen molar-refractivity contribution < 1.29 is 9.63 Å². The fourth-order valence-electron chi connectivity index (χ4n) is 1.99. The standard InChI is InChI=1S/C11H19N3O2/c15-8-4-6-10-13-11(14-16-10)9-5-2-1-3-7-12-9/h9,12,15H,1-8H2. The van der Waals surface area contributed by atoms with Gasteiger partial charge in [-0.25, -0.2) is 0 Å². The van der Waals surface area contributed by atoms with Crippen LogP contribution in [-0.4, -0.2) is 28.4 Å². The maximum absolute atomic E-state index is 8.72. The van der Waals surface area contributed by atoms with E-state index in [1.165, 1.54) is 19.3 Å². The molecule has 2 rings (SSSR count). The molecule has 0 amide bonds. The maximum atomic E-state index is 8.72. The van der Waals surface area contributed by atoms with Crippen molar-refractivity contribution in [3.05, 3.63) is 11.7 Å². The summed E-state index contributed by atoms with van der Waals surface area (Å²) in [5, 5.41) is 16.2. The van der Waals surface area contributed by atoms with Gasteiger partial charge in [-0.05, 0) is 25.8 Å². The fourth-order valence-corrected chi connectivity index (χ4v) is 1.99. The van der Waals surface area contributed by atoms with E-state index in [9.17, 15) is 0 Å². The molecule has 1 aromatic rings. The van der Waals surface area contributed by atoms with Gasteiger partial charge in [0.25, 0.3) is 0 Å². The van der Waals surface area contributed by atoms with Crippen molar-refractivity contribution in [2.75, 3.05) is 13.2 Å². The summed E-state index contributed by atoms with van der Waals surface area (Å²) < 4.78 is 5.15. The van der Waals surface area contributed by atoms with Crippen LogP contribution in [0.5, 0.6) is 0 Å². The van der Waals surface area contributed by atoms with E-state index in [-0.39, 0.29) is 12.6 Å². The van der Waals surface area contributed by atoms with Gasteiger partial charge in [-0.3, -0.25) is 0 Å². The highest BCUT2D eigenvalue weighted by molar-refractivity contribution is 4.95. The average Bonchev–Trinajstić information content (AvgIpc) is 2.60. The molecule has 0 bridgehead atoms. The zero-order chi connectivity index (χ0) is 11.2. The van der Waals surface area contributed by atoms with E-state index in [0.29, 0.717) is 18.7 Å². The van der Waals surface area contributed by atoms with E-state index in [4.69, 9.17) is 9.63 Å². The van der Waals surface area contributed by atoms with Crippen molar-refractivity contribution in [3.8, 4) is 0 Å². The lowest BCUT2D eigenvalue weighted by molar-refractivity contribution is 0.278. The SMILES string of the molecule is OCCCc1nc(C2CCCCCN2)no1. The predicted octanol–water partition coefficient (Wildman–Crippen LogP) is 1.20. The topological polar surface area (TPSA) is 71.2 Å². The average molecular weight is 225 g/mol. The van der Waals surface area contributed by atoms with Gasteiger partial charge in [-0.1, -0.05) is 18.0 Å². The van der Waals surface area contributed by atoms with Crippen molar-refractivity contribution in [1.29, 1.82) is 0 Å². The van der Waals surface area contributed by atoms with Crippen LogP contribution in [0.3, 0.4) is 0 Å². The number of aryl methyl sites for hydroxylation is 1. The summed E-state index contributed by atoms with van der Waals surface area (Å²) >= 11 is 0. The van der Waals surface area contributed by atoms with Gasteiger partial charge in [0.15, 0.2) is 5.82 Å². The van der Waals surface area contributed by atoms with Crippen LogP contribution in [0.25, 0.3) is 0 Å². The minimum Gasteiger partial charge on any atom is -0.396 e. The molecule has 16 heavy (non-hydrogen) atoms. The second-order valence-corrected chi connectivity index (χ2v) is 4.23. The largest absolute Gasteiger partial charge is 0.396 e. The Kier molecular flexibility index (Phi) is 4.30. The van der Waals surface area contributed by atoms with E-state index in [1.54, 1.807) is 0 Å². The van der Waals surface area contributed by atoms with Crippen LogP contribution in [0.2, 0.25) is 0 Å². The first-order valence-electron chi connectivity index (χ1n) is 6.07. The molecule has 5 heteroatoms. The Morgan fingerprint density at radius 2 is 2.31 bits per heavy atom. The Morgan fingerprint density at radius 3 is 3.19 bits per heavy atom. The van der Waals surface area contributed by atoms with E-state index >= 15 is 0 Å². The van der Waals surface area contributed by atoms with Gasteiger partial charge < -0.3 is 14.9 Å². The Morgan fingerprint density at radius 1 is 1.38 bits per heavy atom. The molecule has 0 spiro atoms. The van der Waals surface area contributed by atoms with Gasteiger partial charge in [0.1, 0.15) is 0 Å². The lowest BCUT2D eigenvalue weighted by atomic mass is 10.1. The van der Waals surface area contributed by atoms with Crippen molar-refractivity contribution in [2.45, 2.75) is 44.6 Å². The third-order valence-corrected chi connectivity index (χ3v) is 2.90. The van der Waals surface area contributed by atoms with Crippen molar-refractivity contribution in [2.24, 2.45) is 0 Å². The summed E-state index contributed by atoms with van der Waals surface area (Å²) in [6, 6.07) is 0.245. The minimum absolute atomic E-state index is 0.166. The molecule has 1 atom stereocenters. The number of aliphatic hydroxyl groups excluding tert-OH is 1. The van der Waals surface area contributed by atoms with Gasteiger partial charge in [0.05, 0.1) is 6.04 Å². The third kappa shape index (κ3) is 3.02. The Balaban J connectivity index is 1.94. The molecule has 1 fully saturated rings. The first kappa shape index (κ1) is 11.5. The van der Waals surface area contributed by atoms with Gasteiger partial charge >= 0.3 is 0 Å². The molecule has 1 aliphatic rings. The molecule has 0 saturated carbocycles. The van der Waals surface area contributed by atoms with Crippen LogP contribution in [0.15, 0.2) is 4.52 Å². The second-order valence-electron chi connectivity index (χ2n) is 4.23. The molecule has 1 saturated heterocycles. The van der Waals surface area contributed by atoms with Crippen molar-refractivity contribution in [3.63, 3.8) is 0 Å². The van der Waals surface area contributed by atoms with Gasteiger partial charge in [-0.15, -0.1) is 0 Å². The van der Waals surface area contributed by atoms with Gasteiger partial charge in [0.2, 0.25) is 5.89 Å². The quantitative estimate of drug-likeness (QED) is 0.805. The third-order valence-electron chi connectivity index (χ3n) is 2.90. The Labute approximate surface area is 95.2 Å². The van der Waals surface area contributed by atoms with Crippen molar-refractivity contribution >= 4 is 0 Å². The fraction of sp³-hybridized carbons (Fsp3) is 0.818. The highest BCUT2D eigenvalue weighted by atomic mass is 16.5. The molecule has 0 aliphatic carbocycles. The number of hydrogen-bond donors (Lipinski definition) is 2. The first-order chi connectivity index (χ1) is 7.90. The summed E-state index contributed by atoms with van der Waals surface area (Å²) in [6.07, 6.45) is 6.15. The van der Waals surface area contributed by atoms with Gasteiger partial charge in [-0.2, -0.15) is 4.98 Å². The van der Waals surface area contributed by atoms with Crippen LogP contribution in [-0.2, 0) is 6.42 Å². The predicted molar refractivity (Wildman–Crippen MR) is 58.9 cm³/mol. The van der Waals surface area contributed by atoms with Crippen LogP contribution >= 0.6 is 0 Å². The maximum Gasteiger partial charge on any atom is 0.226 e. The smallest absolute Gasteiger partial charge is 0.226 e. The zero-order valence-electron chi connectivity index (χ0n) is 9.48. The molecule has 0 radical (unpaired) electrons. The highest BCUT2D eigenvalue weighted by Gasteiger charge is 2.19. The molecular weight excluding hydrogens is 206 g/mol. The second kappa shape index (κ2) is 5.96. The lowest BCUT2D eigenvalue weighted by Gasteiger charge is -2.09. The number of aromatic nitrogens is 2. The zero-order valence-corrected chi connectivity index (χ0v) is 9.48. The van der Waals surface area contributed by atoms with Crippen LogP contribution in [0, 0.1) is 0 Å². The Bertz CT molecular complexity index is 306. The number of nitrogens with one attached hydrogen (secondary N) is 1. The van der Waals surface area contributed by atoms with E-state index in [0.717, 1.165) is 18.8 Å². The normalized spacial score (nSPS) is 21.9. The molecule has 1 aliphatic heterocycles. The first-order valence-corrected chi connectivity index (χ1v) is 6.07. The molecule has 90 valence electrons.